The topological polar surface area (TPSA) is 44.6 Å². The average molecular weight is 191 g/mol. The van der Waals surface area contributed by atoms with E-state index in [9.17, 15) is 10.0 Å². The van der Waals surface area contributed by atoms with Crippen molar-refractivity contribution in [3.63, 3.8) is 0 Å². The van der Waals surface area contributed by atoms with E-state index in [-0.39, 0.29) is 11.0 Å². The monoisotopic (exact) mass is 191 g/mol. The second-order valence-electron chi connectivity index (χ2n) is 4.38. The van der Waals surface area contributed by atoms with Crippen molar-refractivity contribution in [2.75, 3.05) is 0 Å². The van der Waals surface area contributed by atoms with E-state index in [0.29, 0.717) is 12.0 Å². The van der Waals surface area contributed by atoms with Gasteiger partial charge in [-0.2, -0.15) is 0 Å². The van der Waals surface area contributed by atoms with Crippen molar-refractivity contribution >= 4 is 5.91 Å². The predicted octanol–water partition coefficient (Wildman–Crippen LogP) is 0.544. The van der Waals surface area contributed by atoms with Crippen molar-refractivity contribution < 1.29 is 9.86 Å². The van der Waals surface area contributed by atoms with Crippen LogP contribution >= 0.6 is 0 Å². The molecule has 1 unspecified atom stereocenters. The Bertz CT molecular complexity index is 385. The number of rotatable bonds is 0. The molecule has 0 spiro atoms. The summed E-state index contributed by atoms with van der Waals surface area (Å²) in [6.45, 7) is 3.65. The number of benzene rings is 1. The first-order valence-corrected chi connectivity index (χ1v) is 4.69. The molecule has 0 fully saturated rings. The van der Waals surface area contributed by atoms with Gasteiger partial charge in [0.1, 0.15) is 5.54 Å². The van der Waals surface area contributed by atoms with Crippen LogP contribution in [0.2, 0.25) is 0 Å². The number of quaternary nitrogens is 1. The average Bonchev–Trinajstić information content (AvgIpc) is 2.14. The first-order valence-electron chi connectivity index (χ1n) is 4.69. The van der Waals surface area contributed by atoms with Gasteiger partial charge in [0.15, 0.2) is 0 Å². The smallest absolute Gasteiger partial charge is 0.344 e. The molecule has 1 aliphatic rings. The third-order valence-electron chi connectivity index (χ3n) is 2.72. The van der Waals surface area contributed by atoms with Gasteiger partial charge in [0.05, 0.1) is 5.56 Å². The number of hydrogen-bond acceptors (Lipinski definition) is 2. The zero-order valence-electron chi connectivity index (χ0n) is 8.33. The van der Waals surface area contributed by atoms with E-state index in [4.69, 9.17) is 0 Å². The van der Waals surface area contributed by atoms with Gasteiger partial charge in [0.25, 0.3) is 0 Å². The van der Waals surface area contributed by atoms with Crippen LogP contribution in [0.1, 0.15) is 29.8 Å². The summed E-state index contributed by atoms with van der Waals surface area (Å²) < 4.78 is 0. The van der Waals surface area contributed by atoms with Crippen LogP contribution in [0.3, 0.4) is 0 Å². The molecule has 0 saturated carbocycles. The molecule has 0 aliphatic carbocycles. The lowest BCUT2D eigenvalue weighted by Crippen LogP contribution is -3.18. The third-order valence-corrected chi connectivity index (χ3v) is 2.72. The summed E-state index contributed by atoms with van der Waals surface area (Å²) in [6, 6.07) is 7.34. The first kappa shape index (κ1) is 9.37. The maximum absolute atomic E-state index is 11.7. The Balaban J connectivity index is 2.54. The predicted molar refractivity (Wildman–Crippen MR) is 52.9 cm³/mol. The van der Waals surface area contributed by atoms with Gasteiger partial charge in [0, 0.05) is 6.42 Å². The summed E-state index contributed by atoms with van der Waals surface area (Å²) in [5.41, 5.74) is 1.03. The molecule has 0 aromatic heterocycles. The van der Waals surface area contributed by atoms with Gasteiger partial charge in [-0.25, -0.2) is 4.79 Å². The van der Waals surface area contributed by atoms with Gasteiger partial charge in [-0.1, -0.05) is 18.2 Å². The standard InChI is InChI=1S/C11H13NO2/c1-11(2)7-8-5-3-4-6-9(8)10(13)12(11)14/h3-6,12H,7H2,1-2H3. The van der Waals surface area contributed by atoms with Gasteiger partial charge < -0.3 is 10.3 Å². The molecule has 1 heterocycles. The van der Waals surface area contributed by atoms with Crippen LogP contribution in [-0.2, 0) is 6.42 Å². The fourth-order valence-corrected chi connectivity index (χ4v) is 1.88. The van der Waals surface area contributed by atoms with Gasteiger partial charge in [-0.15, -0.1) is 0 Å². The molecule has 1 atom stereocenters. The van der Waals surface area contributed by atoms with E-state index in [1.807, 2.05) is 26.0 Å². The highest BCUT2D eigenvalue weighted by atomic mass is 16.5. The molecule has 14 heavy (non-hydrogen) atoms. The summed E-state index contributed by atoms with van der Waals surface area (Å²) >= 11 is 0. The number of hydroxylamine groups is 2. The highest BCUT2D eigenvalue weighted by Crippen LogP contribution is 2.18. The minimum Gasteiger partial charge on any atom is -0.626 e. The van der Waals surface area contributed by atoms with E-state index >= 15 is 0 Å². The molecule has 2 rings (SSSR count). The molecule has 3 heteroatoms. The second-order valence-corrected chi connectivity index (χ2v) is 4.38. The Labute approximate surface area is 82.9 Å². The van der Waals surface area contributed by atoms with Crippen molar-refractivity contribution in [3.8, 4) is 0 Å². The Morgan fingerprint density at radius 1 is 1.36 bits per heavy atom. The van der Waals surface area contributed by atoms with Crippen LogP contribution in [0, 0.1) is 5.21 Å². The SMILES string of the molecule is CC1(C)Cc2ccccc2C(=O)[NH+]1[O-]. The number of fused-ring (bicyclic) bond motifs is 1. The fraction of sp³-hybridized carbons (Fsp3) is 0.364. The van der Waals surface area contributed by atoms with Crippen molar-refractivity contribution in [2.24, 2.45) is 0 Å². The summed E-state index contributed by atoms with van der Waals surface area (Å²) in [6.07, 6.45) is 0.660. The quantitative estimate of drug-likeness (QED) is 0.608. The molecule has 1 amide bonds. The van der Waals surface area contributed by atoms with Crippen molar-refractivity contribution in [1.29, 1.82) is 0 Å². The van der Waals surface area contributed by atoms with Crippen molar-refractivity contribution in [1.82, 2.24) is 0 Å². The zero-order valence-corrected chi connectivity index (χ0v) is 8.33. The fourth-order valence-electron chi connectivity index (χ4n) is 1.88. The molecular formula is C11H13NO2. The first-order chi connectivity index (χ1) is 6.52. The zero-order chi connectivity index (χ0) is 10.3. The number of carbonyl (C=O) groups excluding carboxylic acids is 1. The van der Waals surface area contributed by atoms with Crippen LogP contribution in [0.4, 0.5) is 0 Å². The van der Waals surface area contributed by atoms with Gasteiger partial charge in [0.2, 0.25) is 0 Å². The van der Waals surface area contributed by atoms with Crippen molar-refractivity contribution in [3.05, 3.63) is 40.6 Å². The Morgan fingerprint density at radius 3 is 2.71 bits per heavy atom. The molecule has 1 aromatic rings. The van der Waals surface area contributed by atoms with Crippen molar-refractivity contribution in [2.45, 2.75) is 25.8 Å². The molecule has 0 bridgehead atoms. The molecular weight excluding hydrogens is 178 g/mol. The van der Waals surface area contributed by atoms with Gasteiger partial charge in [-0.05, 0) is 25.5 Å². The largest absolute Gasteiger partial charge is 0.626 e. The van der Waals surface area contributed by atoms with Gasteiger partial charge >= 0.3 is 5.91 Å². The summed E-state index contributed by atoms with van der Waals surface area (Å²) in [4.78, 5) is 11.7. The molecule has 74 valence electrons. The van der Waals surface area contributed by atoms with Crippen LogP contribution in [0.5, 0.6) is 0 Å². The Kier molecular flexibility index (Phi) is 1.94. The van der Waals surface area contributed by atoms with E-state index in [0.717, 1.165) is 5.56 Å². The molecule has 1 aromatic carbocycles. The molecule has 1 N–H and O–H groups in total. The number of carbonyl (C=O) groups is 1. The van der Waals surface area contributed by atoms with Crippen LogP contribution in [0.15, 0.2) is 24.3 Å². The summed E-state index contributed by atoms with van der Waals surface area (Å²) in [7, 11) is 0. The Hall–Kier alpha value is -1.19. The lowest BCUT2D eigenvalue weighted by atomic mass is 9.87. The lowest BCUT2D eigenvalue weighted by Gasteiger charge is -2.40. The molecule has 0 saturated heterocycles. The minimum atomic E-state index is -0.536. The summed E-state index contributed by atoms with van der Waals surface area (Å²) in [5, 5.41) is 11.4. The van der Waals surface area contributed by atoms with Crippen LogP contribution in [0.25, 0.3) is 0 Å². The highest BCUT2D eigenvalue weighted by Gasteiger charge is 2.37. The number of nitrogens with one attached hydrogen (secondary N) is 1. The highest BCUT2D eigenvalue weighted by molar-refractivity contribution is 5.90. The Morgan fingerprint density at radius 2 is 2.00 bits per heavy atom. The third kappa shape index (κ3) is 1.25. The molecule has 0 radical (unpaired) electrons. The second kappa shape index (κ2) is 2.90. The van der Waals surface area contributed by atoms with E-state index in [1.54, 1.807) is 12.1 Å². The van der Waals surface area contributed by atoms with Crippen LogP contribution in [-0.4, -0.2) is 11.4 Å². The van der Waals surface area contributed by atoms with E-state index in [1.165, 1.54) is 0 Å². The number of amides is 1. The van der Waals surface area contributed by atoms with E-state index in [2.05, 4.69) is 0 Å². The van der Waals surface area contributed by atoms with Crippen LogP contribution < -0.4 is 5.06 Å². The van der Waals surface area contributed by atoms with E-state index < -0.39 is 5.54 Å². The normalized spacial score (nSPS) is 24.5. The maximum Gasteiger partial charge on any atom is 0.344 e. The molecule has 1 aliphatic heterocycles. The summed E-state index contributed by atoms with van der Waals surface area (Å²) in [5.74, 6) is -0.336. The molecule has 3 nitrogen and oxygen atoms in total. The lowest BCUT2D eigenvalue weighted by molar-refractivity contribution is -0.818. The minimum absolute atomic E-state index is 0.267. The maximum atomic E-state index is 11.7. The van der Waals surface area contributed by atoms with Gasteiger partial charge in [-0.3, -0.25) is 0 Å². The number of hydrogen-bond donors (Lipinski definition) is 1.